The molecule has 0 radical (unpaired) electrons. The number of aliphatic hydroxyl groups excluding tert-OH is 2. The predicted molar refractivity (Wildman–Crippen MR) is 141 cm³/mol. The maximum Gasteiger partial charge on any atom is 0.255 e. The highest BCUT2D eigenvalue weighted by Gasteiger charge is 2.74. The molecule has 39 heavy (non-hydrogen) atoms. The standard InChI is InChI=1S/C28H31N5O6/c1-4-5-6-7-8-14-9-10-16(34)17-15(14)11-26(31)12-28(32)22(33(2)3)21(36)18(25(30)39)23(37)27(28,13-29)24(38)19(26)20(17)35/h9-10,22,34-35,37H,4-6,11-12,31-32H2,1-3H3,(H2,30,39)/t22-,26-,27+,28-/m1/s1. The number of phenols is 1. The molecule has 1 fully saturated rings. The van der Waals surface area contributed by atoms with Crippen molar-refractivity contribution in [1.82, 2.24) is 4.90 Å². The van der Waals surface area contributed by atoms with E-state index >= 15 is 0 Å². The first-order chi connectivity index (χ1) is 18.2. The Labute approximate surface area is 225 Å². The number of amides is 1. The number of nitriles is 1. The van der Waals surface area contributed by atoms with Crippen molar-refractivity contribution in [3.63, 3.8) is 0 Å². The Balaban J connectivity index is 2.06. The van der Waals surface area contributed by atoms with Crippen molar-refractivity contribution in [2.24, 2.45) is 22.6 Å². The number of fused-ring (bicyclic) bond motifs is 3. The zero-order valence-electron chi connectivity index (χ0n) is 22.0. The smallest absolute Gasteiger partial charge is 0.255 e. The van der Waals surface area contributed by atoms with E-state index in [1.54, 1.807) is 12.1 Å². The van der Waals surface area contributed by atoms with Crippen LogP contribution in [0, 0.1) is 28.6 Å². The molecular formula is C28H31N5O6. The van der Waals surface area contributed by atoms with Crippen LogP contribution in [0.4, 0.5) is 0 Å². The molecule has 11 nitrogen and oxygen atoms in total. The molecule has 1 aromatic rings. The van der Waals surface area contributed by atoms with Gasteiger partial charge in [-0.25, -0.2) is 0 Å². The largest absolute Gasteiger partial charge is 0.509 e. The summed E-state index contributed by atoms with van der Waals surface area (Å²) in [6, 6.07) is 3.21. The number of aromatic hydroxyl groups is 1. The fourth-order valence-electron chi connectivity index (χ4n) is 6.37. The van der Waals surface area contributed by atoms with Crippen molar-refractivity contribution in [2.75, 3.05) is 14.1 Å². The molecule has 1 aromatic carbocycles. The number of nitrogens with zero attached hydrogens (tertiary/aromatic N) is 2. The lowest BCUT2D eigenvalue weighted by Crippen LogP contribution is -2.80. The Bertz CT molecular complexity index is 1490. The summed E-state index contributed by atoms with van der Waals surface area (Å²) in [5.41, 5.74) is 11.9. The second-order valence-electron chi connectivity index (χ2n) is 10.7. The average Bonchev–Trinajstić information content (AvgIpc) is 2.81. The van der Waals surface area contributed by atoms with Gasteiger partial charge in [0.2, 0.25) is 0 Å². The normalized spacial score (nSPS) is 29.7. The van der Waals surface area contributed by atoms with Crippen molar-refractivity contribution in [3.8, 4) is 23.7 Å². The number of hydrogen-bond donors (Lipinski definition) is 6. The lowest BCUT2D eigenvalue weighted by molar-refractivity contribution is -0.139. The molecule has 0 bridgehead atoms. The summed E-state index contributed by atoms with van der Waals surface area (Å²) in [7, 11) is 2.93. The minimum atomic E-state index is -2.68. The van der Waals surface area contributed by atoms with E-state index in [4.69, 9.17) is 17.2 Å². The number of Topliss-reactive ketones (excluding diaryl/α,β-unsaturated/α-hetero) is 2. The molecular weight excluding hydrogens is 502 g/mol. The van der Waals surface area contributed by atoms with Crippen LogP contribution in [0.15, 0.2) is 29.0 Å². The van der Waals surface area contributed by atoms with Gasteiger partial charge in [-0.1, -0.05) is 25.2 Å². The highest BCUT2D eigenvalue weighted by Crippen LogP contribution is 2.58. The van der Waals surface area contributed by atoms with Gasteiger partial charge in [0.05, 0.1) is 34.3 Å². The number of carbonyl (C=O) groups excluding carboxylic acids is 3. The number of ketones is 2. The number of nitrogens with two attached hydrogens (primary N) is 3. The van der Waals surface area contributed by atoms with Crippen LogP contribution in [0.5, 0.6) is 5.75 Å². The minimum Gasteiger partial charge on any atom is -0.509 e. The molecule has 1 amide bonds. The van der Waals surface area contributed by atoms with E-state index in [1.165, 1.54) is 25.1 Å². The van der Waals surface area contributed by atoms with Crippen molar-refractivity contribution in [1.29, 1.82) is 5.26 Å². The van der Waals surface area contributed by atoms with E-state index < -0.39 is 69.1 Å². The zero-order chi connectivity index (χ0) is 29.1. The molecule has 204 valence electrons. The maximum absolute atomic E-state index is 14.3. The third-order valence-electron chi connectivity index (χ3n) is 8.01. The Kier molecular flexibility index (Phi) is 6.60. The first-order valence-corrected chi connectivity index (χ1v) is 12.5. The van der Waals surface area contributed by atoms with Crippen LogP contribution in [0.1, 0.15) is 49.3 Å². The van der Waals surface area contributed by atoms with Crippen molar-refractivity contribution in [2.45, 2.75) is 56.1 Å². The van der Waals surface area contributed by atoms with Gasteiger partial charge in [0.15, 0.2) is 17.0 Å². The molecule has 4 rings (SSSR count). The second kappa shape index (κ2) is 9.24. The highest BCUT2D eigenvalue weighted by atomic mass is 16.3. The van der Waals surface area contributed by atoms with Gasteiger partial charge in [0.1, 0.15) is 22.8 Å². The van der Waals surface area contributed by atoms with Crippen LogP contribution < -0.4 is 17.2 Å². The third kappa shape index (κ3) is 3.58. The summed E-state index contributed by atoms with van der Waals surface area (Å²) in [4.78, 5) is 41.3. The summed E-state index contributed by atoms with van der Waals surface area (Å²) >= 11 is 0. The zero-order valence-corrected chi connectivity index (χ0v) is 22.0. The number of benzene rings is 1. The van der Waals surface area contributed by atoms with Crippen LogP contribution in [0.2, 0.25) is 0 Å². The average molecular weight is 534 g/mol. The quantitative estimate of drug-likeness (QED) is 0.178. The molecule has 11 heteroatoms. The number of hydrogen-bond acceptors (Lipinski definition) is 10. The molecule has 3 aliphatic rings. The number of rotatable bonds is 4. The fourth-order valence-corrected chi connectivity index (χ4v) is 6.37. The van der Waals surface area contributed by atoms with E-state index in [1.807, 2.05) is 6.92 Å². The van der Waals surface area contributed by atoms with Gasteiger partial charge in [-0.3, -0.25) is 19.3 Å². The van der Waals surface area contributed by atoms with Crippen LogP contribution >= 0.6 is 0 Å². The first-order valence-electron chi connectivity index (χ1n) is 12.5. The van der Waals surface area contributed by atoms with Crippen molar-refractivity contribution >= 4 is 23.2 Å². The van der Waals surface area contributed by atoms with Crippen LogP contribution in [0.3, 0.4) is 0 Å². The Hall–Kier alpha value is -4.16. The van der Waals surface area contributed by atoms with Crippen LogP contribution in [-0.2, 0) is 20.8 Å². The fraction of sp³-hybridized carbons (Fsp3) is 0.429. The lowest BCUT2D eigenvalue weighted by atomic mass is 9.47. The maximum atomic E-state index is 14.3. The van der Waals surface area contributed by atoms with Crippen molar-refractivity contribution < 1.29 is 29.7 Å². The van der Waals surface area contributed by atoms with Gasteiger partial charge in [0, 0.05) is 12.0 Å². The number of aliphatic hydroxyl groups is 2. The molecule has 1 saturated carbocycles. The van der Waals surface area contributed by atoms with E-state index in [0.717, 1.165) is 12.8 Å². The van der Waals surface area contributed by atoms with Crippen LogP contribution in [-0.4, -0.2) is 68.9 Å². The summed E-state index contributed by atoms with van der Waals surface area (Å²) in [5, 5.41) is 43.7. The van der Waals surface area contributed by atoms with E-state index in [2.05, 4.69) is 11.8 Å². The molecule has 4 atom stereocenters. The summed E-state index contributed by atoms with van der Waals surface area (Å²) in [6.45, 7) is 2.03. The number of phenolic OH excluding ortho intramolecular Hbond substituents is 1. The molecule has 0 heterocycles. The molecule has 0 aromatic heterocycles. The highest BCUT2D eigenvalue weighted by molar-refractivity contribution is 6.25. The SMILES string of the molecule is CCCCC#Cc1ccc(O)c2c1C[C@@]1(N)C[C@@]3(N)[C@H](N(C)C)C(=O)C(C(N)=O)=C(O)[C@@]3(C#N)C(=O)C1=C2O. The lowest BCUT2D eigenvalue weighted by Gasteiger charge is -2.58. The molecule has 9 N–H and O–H groups in total. The Morgan fingerprint density at radius 3 is 2.44 bits per heavy atom. The first kappa shape index (κ1) is 27.9. The third-order valence-corrected chi connectivity index (χ3v) is 8.01. The van der Waals surface area contributed by atoms with Gasteiger partial charge in [-0.15, -0.1) is 0 Å². The second-order valence-corrected chi connectivity index (χ2v) is 10.7. The molecule has 0 aliphatic heterocycles. The molecule has 0 saturated heterocycles. The molecule has 0 unspecified atom stereocenters. The van der Waals surface area contributed by atoms with Gasteiger partial charge in [-0.2, -0.15) is 5.26 Å². The number of carbonyl (C=O) groups is 3. The topological polar surface area (TPSA) is 217 Å². The minimum absolute atomic E-state index is 0.0750. The van der Waals surface area contributed by atoms with Gasteiger partial charge in [0.25, 0.3) is 5.91 Å². The molecule has 3 aliphatic carbocycles. The Morgan fingerprint density at radius 1 is 1.21 bits per heavy atom. The molecule has 0 spiro atoms. The van der Waals surface area contributed by atoms with E-state index in [9.17, 15) is 35.0 Å². The van der Waals surface area contributed by atoms with Crippen LogP contribution in [0.25, 0.3) is 5.76 Å². The van der Waals surface area contributed by atoms with Gasteiger partial charge >= 0.3 is 0 Å². The predicted octanol–water partition coefficient (Wildman–Crippen LogP) is 0.447. The van der Waals surface area contributed by atoms with E-state index in [-0.39, 0.29) is 17.7 Å². The summed E-state index contributed by atoms with van der Waals surface area (Å²) < 4.78 is 0. The monoisotopic (exact) mass is 533 g/mol. The number of unbranched alkanes of at least 4 members (excludes halogenated alkanes) is 2. The Morgan fingerprint density at radius 2 is 1.87 bits per heavy atom. The summed E-state index contributed by atoms with van der Waals surface area (Å²) in [6.07, 6.45) is 1.91. The number of likely N-dealkylation sites (N-methyl/N-ethyl adjacent to an activating group) is 1. The number of primary amides is 1. The van der Waals surface area contributed by atoms with E-state index in [0.29, 0.717) is 17.5 Å². The van der Waals surface area contributed by atoms with Gasteiger partial charge in [-0.05, 0) is 51.1 Å². The van der Waals surface area contributed by atoms with Gasteiger partial charge < -0.3 is 32.5 Å². The van der Waals surface area contributed by atoms with Crippen molar-refractivity contribution in [3.05, 3.63) is 45.7 Å². The summed E-state index contributed by atoms with van der Waals surface area (Å²) in [5.74, 6) is 0.408.